The molecule has 0 saturated carbocycles. The molecule has 0 spiro atoms. The molecule has 0 aliphatic carbocycles. The Morgan fingerprint density at radius 3 is 2.75 bits per heavy atom. The zero-order valence-corrected chi connectivity index (χ0v) is 10.4. The molecule has 1 aliphatic rings. The maximum absolute atomic E-state index is 12.0. The Morgan fingerprint density at radius 1 is 1.50 bits per heavy atom. The average Bonchev–Trinajstić information content (AvgIpc) is 2.81. The summed E-state index contributed by atoms with van der Waals surface area (Å²) in [4.78, 5) is 14.6. The SMILES string of the molecule is NC(C(=O)N1CCS(=O)CC1)c1cccs1. The number of hydrogen-bond acceptors (Lipinski definition) is 4. The third kappa shape index (κ3) is 2.50. The van der Waals surface area contributed by atoms with Crippen molar-refractivity contribution in [3.63, 3.8) is 0 Å². The smallest absolute Gasteiger partial charge is 0.244 e. The first-order valence-corrected chi connectivity index (χ1v) is 7.48. The number of carbonyl (C=O) groups is 1. The maximum atomic E-state index is 12.0. The molecule has 1 saturated heterocycles. The van der Waals surface area contributed by atoms with Gasteiger partial charge in [-0.2, -0.15) is 0 Å². The normalized spacial score (nSPS) is 19.7. The fourth-order valence-corrected chi connectivity index (χ4v) is 3.42. The molecule has 1 aliphatic heterocycles. The second kappa shape index (κ2) is 5.07. The Hall–Kier alpha value is -0.720. The quantitative estimate of drug-likeness (QED) is 0.832. The van der Waals surface area contributed by atoms with Crippen LogP contribution in [0, 0.1) is 0 Å². The molecule has 1 aromatic rings. The number of nitrogens with two attached hydrogens (primary N) is 1. The zero-order chi connectivity index (χ0) is 11.5. The van der Waals surface area contributed by atoms with Gasteiger partial charge >= 0.3 is 0 Å². The molecule has 1 atom stereocenters. The number of nitrogens with zero attached hydrogens (tertiary/aromatic N) is 1. The van der Waals surface area contributed by atoms with E-state index in [2.05, 4.69) is 0 Å². The molecule has 0 aromatic carbocycles. The first-order chi connectivity index (χ1) is 7.68. The van der Waals surface area contributed by atoms with Crippen molar-refractivity contribution in [2.24, 2.45) is 5.73 Å². The summed E-state index contributed by atoms with van der Waals surface area (Å²) in [7, 11) is -0.759. The van der Waals surface area contributed by atoms with Gasteiger partial charge in [0.05, 0.1) is 0 Å². The van der Waals surface area contributed by atoms with Gasteiger partial charge < -0.3 is 10.6 Å². The van der Waals surface area contributed by atoms with E-state index in [0.717, 1.165) is 4.88 Å². The molecule has 2 N–H and O–H groups in total. The Bertz CT molecular complexity index is 382. The van der Waals surface area contributed by atoms with E-state index in [4.69, 9.17) is 5.73 Å². The van der Waals surface area contributed by atoms with Crippen LogP contribution >= 0.6 is 11.3 Å². The molecule has 1 unspecified atom stereocenters. The van der Waals surface area contributed by atoms with Crippen molar-refractivity contribution in [3.05, 3.63) is 22.4 Å². The van der Waals surface area contributed by atoms with Crippen molar-refractivity contribution in [2.45, 2.75) is 6.04 Å². The number of carbonyl (C=O) groups excluding carboxylic acids is 1. The number of rotatable bonds is 2. The highest BCUT2D eigenvalue weighted by atomic mass is 32.2. The molecule has 0 radical (unpaired) electrons. The third-order valence-corrected chi connectivity index (χ3v) is 4.84. The Morgan fingerprint density at radius 2 is 2.19 bits per heavy atom. The van der Waals surface area contributed by atoms with Gasteiger partial charge in [-0.25, -0.2) is 0 Å². The van der Waals surface area contributed by atoms with Gasteiger partial charge in [0.1, 0.15) is 6.04 Å². The van der Waals surface area contributed by atoms with Gasteiger partial charge in [0, 0.05) is 40.3 Å². The summed E-state index contributed by atoms with van der Waals surface area (Å²) in [5.74, 6) is 1.09. The highest BCUT2D eigenvalue weighted by Gasteiger charge is 2.26. The van der Waals surface area contributed by atoms with Gasteiger partial charge in [-0.3, -0.25) is 9.00 Å². The van der Waals surface area contributed by atoms with E-state index in [1.54, 1.807) is 4.90 Å². The Kier molecular flexibility index (Phi) is 3.73. The molecule has 1 aromatic heterocycles. The van der Waals surface area contributed by atoms with Crippen molar-refractivity contribution in [2.75, 3.05) is 24.6 Å². The van der Waals surface area contributed by atoms with Crippen LogP contribution in [0.25, 0.3) is 0 Å². The van der Waals surface area contributed by atoms with Crippen molar-refractivity contribution in [3.8, 4) is 0 Å². The number of amides is 1. The van der Waals surface area contributed by atoms with Gasteiger partial charge in [0.2, 0.25) is 5.91 Å². The predicted molar refractivity (Wildman–Crippen MR) is 65.7 cm³/mol. The molecular formula is C10H14N2O2S2. The number of thiophene rings is 1. The van der Waals surface area contributed by atoms with Gasteiger partial charge in [0.15, 0.2) is 0 Å². The monoisotopic (exact) mass is 258 g/mol. The highest BCUT2D eigenvalue weighted by molar-refractivity contribution is 7.85. The summed E-state index contributed by atoms with van der Waals surface area (Å²) in [6.07, 6.45) is 0. The second-order valence-corrected chi connectivity index (χ2v) is 6.34. The Labute approximate surface area is 101 Å². The maximum Gasteiger partial charge on any atom is 0.244 e. The fraction of sp³-hybridized carbons (Fsp3) is 0.500. The molecule has 6 heteroatoms. The van der Waals surface area contributed by atoms with E-state index in [1.807, 2.05) is 17.5 Å². The van der Waals surface area contributed by atoms with E-state index in [-0.39, 0.29) is 5.91 Å². The van der Waals surface area contributed by atoms with Crippen LogP contribution in [0.1, 0.15) is 10.9 Å². The lowest BCUT2D eigenvalue weighted by Crippen LogP contribution is -2.45. The zero-order valence-electron chi connectivity index (χ0n) is 8.80. The molecule has 2 heterocycles. The third-order valence-electron chi connectivity index (χ3n) is 2.61. The molecule has 88 valence electrons. The predicted octanol–water partition coefficient (Wildman–Crippen LogP) is 0.339. The summed E-state index contributed by atoms with van der Waals surface area (Å²) < 4.78 is 11.2. The van der Waals surface area contributed by atoms with Crippen LogP contribution in [-0.2, 0) is 15.6 Å². The first kappa shape index (κ1) is 11.8. The lowest BCUT2D eigenvalue weighted by atomic mass is 10.2. The van der Waals surface area contributed by atoms with Crippen molar-refractivity contribution >= 4 is 28.0 Å². The molecule has 4 nitrogen and oxygen atoms in total. The summed E-state index contributed by atoms with van der Waals surface area (Å²) in [6.45, 7) is 1.12. The minimum absolute atomic E-state index is 0.0563. The molecular weight excluding hydrogens is 244 g/mol. The molecule has 1 amide bonds. The van der Waals surface area contributed by atoms with E-state index in [9.17, 15) is 9.00 Å². The van der Waals surface area contributed by atoms with Crippen molar-refractivity contribution in [1.29, 1.82) is 0 Å². The second-order valence-electron chi connectivity index (χ2n) is 3.67. The summed E-state index contributed by atoms with van der Waals surface area (Å²) >= 11 is 1.49. The topological polar surface area (TPSA) is 63.4 Å². The lowest BCUT2D eigenvalue weighted by molar-refractivity contribution is -0.132. The fourth-order valence-electron chi connectivity index (χ4n) is 1.64. The van der Waals surface area contributed by atoms with Gasteiger partial charge in [-0.05, 0) is 11.4 Å². The lowest BCUT2D eigenvalue weighted by Gasteiger charge is -2.28. The van der Waals surface area contributed by atoms with E-state index >= 15 is 0 Å². The Balaban J connectivity index is 2.00. The molecule has 16 heavy (non-hydrogen) atoms. The van der Waals surface area contributed by atoms with Crippen molar-refractivity contribution in [1.82, 2.24) is 4.90 Å². The van der Waals surface area contributed by atoms with E-state index in [1.165, 1.54) is 11.3 Å². The van der Waals surface area contributed by atoms with Gasteiger partial charge in [-0.15, -0.1) is 11.3 Å². The van der Waals surface area contributed by atoms with Crippen LogP contribution < -0.4 is 5.73 Å². The van der Waals surface area contributed by atoms with Crippen molar-refractivity contribution < 1.29 is 9.00 Å². The highest BCUT2D eigenvalue weighted by Crippen LogP contribution is 2.19. The van der Waals surface area contributed by atoms with Crippen LogP contribution in [0.2, 0.25) is 0 Å². The minimum atomic E-state index is -0.759. The standard InChI is InChI=1S/C10H14N2O2S2/c11-9(8-2-1-5-15-8)10(13)12-3-6-16(14)7-4-12/h1-2,5,9H,3-4,6-7,11H2. The first-order valence-electron chi connectivity index (χ1n) is 5.11. The summed E-state index contributed by atoms with van der Waals surface area (Å²) in [5.41, 5.74) is 5.89. The number of hydrogen-bond donors (Lipinski definition) is 1. The van der Waals surface area contributed by atoms with Crippen LogP contribution in [0.4, 0.5) is 0 Å². The van der Waals surface area contributed by atoms with Crippen LogP contribution in [-0.4, -0.2) is 39.6 Å². The largest absolute Gasteiger partial charge is 0.339 e. The van der Waals surface area contributed by atoms with E-state index in [0.29, 0.717) is 24.6 Å². The minimum Gasteiger partial charge on any atom is -0.339 e. The van der Waals surface area contributed by atoms with E-state index < -0.39 is 16.8 Å². The van der Waals surface area contributed by atoms with Crippen LogP contribution in [0.5, 0.6) is 0 Å². The summed E-state index contributed by atoms with van der Waals surface area (Å²) in [6, 6.07) is 3.19. The molecule has 2 rings (SSSR count). The van der Waals surface area contributed by atoms with Gasteiger partial charge in [0.25, 0.3) is 0 Å². The van der Waals surface area contributed by atoms with Gasteiger partial charge in [-0.1, -0.05) is 6.07 Å². The van der Waals surface area contributed by atoms with Crippen LogP contribution in [0.3, 0.4) is 0 Å². The van der Waals surface area contributed by atoms with Crippen LogP contribution in [0.15, 0.2) is 17.5 Å². The summed E-state index contributed by atoms with van der Waals surface area (Å²) in [5, 5.41) is 1.91. The molecule has 0 bridgehead atoms. The molecule has 1 fully saturated rings. The average molecular weight is 258 g/mol.